The predicted octanol–water partition coefficient (Wildman–Crippen LogP) is 8.77. The first kappa shape index (κ1) is 26.5. The molecule has 5 nitrogen and oxygen atoms in total. The van der Waals surface area contributed by atoms with E-state index in [0.717, 1.165) is 67.8 Å². The number of imidazole rings is 1. The summed E-state index contributed by atoms with van der Waals surface area (Å²) in [6.07, 6.45) is 1.14. The number of aryl methyl sites for hydroxylation is 1. The van der Waals surface area contributed by atoms with Crippen LogP contribution in [-0.4, -0.2) is 20.6 Å². The smallest absolute Gasteiger partial charge is 0.303 e. The molecule has 0 unspecified atom stereocenters. The Kier molecular flexibility index (Phi) is 7.05. The zero-order chi connectivity index (χ0) is 29.2. The largest absolute Gasteiger partial charge is 0.481 e. The van der Waals surface area contributed by atoms with Crippen LogP contribution in [-0.2, 0) is 24.2 Å². The Morgan fingerprint density at radius 2 is 1.37 bits per heavy atom. The molecule has 0 aliphatic rings. The van der Waals surface area contributed by atoms with Crippen LogP contribution >= 0.6 is 0 Å². The molecule has 0 saturated carbocycles. The van der Waals surface area contributed by atoms with Gasteiger partial charge in [0.1, 0.15) is 17.2 Å². The molecule has 0 radical (unpaired) electrons. The zero-order valence-electron chi connectivity index (χ0n) is 23.6. The van der Waals surface area contributed by atoms with Crippen molar-refractivity contribution in [3.63, 3.8) is 0 Å². The van der Waals surface area contributed by atoms with E-state index in [0.29, 0.717) is 13.0 Å². The molecule has 7 aromatic rings. The molecule has 1 N–H and O–H groups in total. The summed E-state index contributed by atoms with van der Waals surface area (Å²) < 4.78 is 8.50. The third-order valence-electron chi connectivity index (χ3n) is 7.96. The van der Waals surface area contributed by atoms with E-state index in [1.165, 1.54) is 5.56 Å². The van der Waals surface area contributed by atoms with Gasteiger partial charge in [-0.2, -0.15) is 0 Å². The third kappa shape index (κ3) is 5.45. The van der Waals surface area contributed by atoms with Crippen LogP contribution in [0.25, 0.3) is 44.3 Å². The van der Waals surface area contributed by atoms with Crippen molar-refractivity contribution in [1.82, 2.24) is 9.55 Å². The molecule has 5 heteroatoms. The number of hydrogen-bond donors (Lipinski definition) is 1. The minimum atomic E-state index is -0.823. The fourth-order valence-electron chi connectivity index (χ4n) is 5.86. The lowest BCUT2D eigenvalue weighted by atomic mass is 9.96. The van der Waals surface area contributed by atoms with Crippen molar-refractivity contribution in [2.24, 2.45) is 0 Å². The maximum Gasteiger partial charge on any atom is 0.303 e. The maximum atomic E-state index is 11.4. The molecule has 43 heavy (non-hydrogen) atoms. The monoisotopic (exact) mass is 562 g/mol. The number of hydrogen-bond acceptors (Lipinski definition) is 3. The molecule has 0 spiro atoms. The van der Waals surface area contributed by atoms with E-state index >= 15 is 0 Å². The summed E-state index contributed by atoms with van der Waals surface area (Å²) in [6.45, 7) is 0.643. The summed E-state index contributed by atoms with van der Waals surface area (Å²) in [5.41, 5.74) is 9.51. The van der Waals surface area contributed by atoms with Gasteiger partial charge in [-0.15, -0.1) is 0 Å². The summed E-state index contributed by atoms with van der Waals surface area (Å²) in [5, 5.41) is 10.4. The van der Waals surface area contributed by atoms with Crippen molar-refractivity contribution in [2.45, 2.75) is 25.8 Å². The number of carbonyl (C=O) groups is 1. The highest BCUT2D eigenvalue weighted by Gasteiger charge is 2.17. The van der Waals surface area contributed by atoms with Crippen LogP contribution in [0.1, 0.15) is 29.1 Å². The first-order valence-electron chi connectivity index (χ1n) is 14.5. The molecular formula is C38H30N2O3. The first-order chi connectivity index (χ1) is 21.1. The van der Waals surface area contributed by atoms with Gasteiger partial charge in [0.25, 0.3) is 0 Å². The van der Waals surface area contributed by atoms with Gasteiger partial charge in [-0.25, -0.2) is 4.98 Å². The van der Waals surface area contributed by atoms with Crippen LogP contribution in [0.5, 0.6) is 0 Å². The lowest BCUT2D eigenvalue weighted by molar-refractivity contribution is -0.137. The van der Waals surface area contributed by atoms with Gasteiger partial charge >= 0.3 is 5.97 Å². The van der Waals surface area contributed by atoms with Gasteiger partial charge in [-0.3, -0.25) is 4.79 Å². The Bertz CT molecular complexity index is 2040. The Hall–Kier alpha value is -5.42. The number of aromatic nitrogens is 2. The highest BCUT2D eigenvalue weighted by Crippen LogP contribution is 2.37. The molecular weight excluding hydrogens is 532 g/mol. The normalized spacial score (nSPS) is 11.3. The minimum absolute atomic E-state index is 0.0430. The third-order valence-corrected chi connectivity index (χ3v) is 7.96. The van der Waals surface area contributed by atoms with Crippen LogP contribution < -0.4 is 0 Å². The summed E-state index contributed by atoms with van der Waals surface area (Å²) >= 11 is 0. The van der Waals surface area contributed by atoms with Gasteiger partial charge in [0.15, 0.2) is 0 Å². The molecule has 5 aromatic carbocycles. The second-order valence-electron chi connectivity index (χ2n) is 10.8. The van der Waals surface area contributed by atoms with Gasteiger partial charge in [0.05, 0.1) is 17.5 Å². The van der Waals surface area contributed by atoms with Crippen molar-refractivity contribution in [2.75, 3.05) is 0 Å². The lowest BCUT2D eigenvalue weighted by Crippen LogP contribution is -2.07. The lowest BCUT2D eigenvalue weighted by Gasteiger charge is -2.10. The predicted molar refractivity (Wildman–Crippen MR) is 171 cm³/mol. The molecule has 0 fully saturated rings. The van der Waals surface area contributed by atoms with Crippen molar-refractivity contribution >= 4 is 28.0 Å². The number of aliphatic carboxylic acids is 1. The van der Waals surface area contributed by atoms with Crippen molar-refractivity contribution in [3.8, 4) is 22.3 Å². The molecule has 0 bridgehead atoms. The van der Waals surface area contributed by atoms with Crippen LogP contribution in [0.2, 0.25) is 0 Å². The summed E-state index contributed by atoms with van der Waals surface area (Å²) in [4.78, 5) is 16.2. The molecule has 0 aliphatic heterocycles. The molecule has 2 aromatic heterocycles. The number of rotatable bonds is 9. The molecule has 0 aliphatic carbocycles. The summed E-state index contributed by atoms with van der Waals surface area (Å²) in [7, 11) is 0. The standard InChI is InChI=1S/C38H30N2O3/c41-37(42)22-21-36-39-32-24-30(19-20-33(32)40(36)25-27-11-5-2-6-12-27)28-15-17-29(18-16-28)38-31-13-7-8-14-34(31)43-35(38)23-26-9-3-1-4-10-26/h1-20,24H,21-23,25H2,(H,41,42). The molecule has 0 atom stereocenters. The van der Waals surface area contributed by atoms with Crippen molar-refractivity contribution in [1.29, 1.82) is 0 Å². The number of fused-ring (bicyclic) bond motifs is 2. The maximum absolute atomic E-state index is 11.4. The van der Waals surface area contributed by atoms with Gasteiger partial charge in [-0.05, 0) is 46.0 Å². The fraction of sp³-hybridized carbons (Fsp3) is 0.105. The highest BCUT2D eigenvalue weighted by molar-refractivity contribution is 5.96. The molecule has 2 heterocycles. The van der Waals surface area contributed by atoms with E-state index in [9.17, 15) is 9.90 Å². The number of carboxylic acids is 1. The fourth-order valence-corrected chi connectivity index (χ4v) is 5.86. The molecule has 7 rings (SSSR count). The van der Waals surface area contributed by atoms with E-state index in [2.05, 4.69) is 95.6 Å². The Balaban J connectivity index is 1.23. The Labute approximate surface area is 249 Å². The highest BCUT2D eigenvalue weighted by atomic mass is 16.4. The second kappa shape index (κ2) is 11.5. The number of nitrogens with zero attached hydrogens (tertiary/aromatic N) is 2. The van der Waals surface area contributed by atoms with Gasteiger partial charge in [0.2, 0.25) is 0 Å². The van der Waals surface area contributed by atoms with E-state index in [-0.39, 0.29) is 6.42 Å². The summed E-state index contributed by atoms with van der Waals surface area (Å²) in [5.74, 6) is 0.919. The van der Waals surface area contributed by atoms with E-state index in [4.69, 9.17) is 9.40 Å². The van der Waals surface area contributed by atoms with E-state index in [1.807, 2.05) is 36.4 Å². The van der Waals surface area contributed by atoms with Gasteiger partial charge in [-0.1, -0.05) is 109 Å². The SMILES string of the molecule is O=C(O)CCc1nc2cc(-c3ccc(-c4c(Cc5ccccc5)oc5ccccc45)cc3)ccc2n1Cc1ccccc1. The molecule has 210 valence electrons. The van der Waals surface area contributed by atoms with Crippen molar-refractivity contribution in [3.05, 3.63) is 150 Å². The minimum Gasteiger partial charge on any atom is -0.481 e. The number of carboxylic acid groups (broad SMARTS) is 1. The van der Waals surface area contributed by atoms with Crippen LogP contribution in [0, 0.1) is 0 Å². The van der Waals surface area contributed by atoms with Crippen LogP contribution in [0.4, 0.5) is 0 Å². The first-order valence-corrected chi connectivity index (χ1v) is 14.5. The summed E-state index contributed by atoms with van der Waals surface area (Å²) in [6, 6.07) is 43.8. The Morgan fingerprint density at radius 3 is 2.12 bits per heavy atom. The van der Waals surface area contributed by atoms with Gasteiger partial charge in [0, 0.05) is 30.3 Å². The Morgan fingerprint density at radius 1 is 0.721 bits per heavy atom. The number of furan rings is 1. The average Bonchev–Trinajstić information content (AvgIpc) is 3.58. The average molecular weight is 563 g/mol. The molecule has 0 amide bonds. The van der Waals surface area contributed by atoms with E-state index in [1.54, 1.807) is 0 Å². The van der Waals surface area contributed by atoms with Gasteiger partial charge < -0.3 is 14.1 Å². The molecule has 0 saturated heterocycles. The number of para-hydroxylation sites is 1. The second-order valence-corrected chi connectivity index (χ2v) is 10.8. The zero-order valence-corrected chi connectivity index (χ0v) is 23.6. The van der Waals surface area contributed by atoms with Crippen LogP contribution in [0.15, 0.2) is 132 Å². The van der Waals surface area contributed by atoms with E-state index < -0.39 is 5.97 Å². The quantitative estimate of drug-likeness (QED) is 0.191. The van der Waals surface area contributed by atoms with Crippen LogP contribution in [0.3, 0.4) is 0 Å². The number of benzene rings is 5. The topological polar surface area (TPSA) is 68.3 Å². The van der Waals surface area contributed by atoms with Crippen molar-refractivity contribution < 1.29 is 14.3 Å².